The minimum Gasteiger partial charge on any atom is -0.453 e. The lowest BCUT2D eigenvalue weighted by Crippen LogP contribution is -2.61. The molecule has 11 heteroatoms. The van der Waals surface area contributed by atoms with Gasteiger partial charge in [0.15, 0.2) is 5.69 Å². The third-order valence-corrected chi connectivity index (χ3v) is 7.09. The summed E-state index contributed by atoms with van der Waals surface area (Å²) < 4.78 is 46.8. The Morgan fingerprint density at radius 1 is 1.24 bits per heavy atom. The van der Waals surface area contributed by atoms with E-state index in [1.54, 1.807) is 13.8 Å². The number of nitrogens with zero attached hydrogens (tertiary/aromatic N) is 2. The van der Waals surface area contributed by atoms with Crippen LogP contribution in [0.3, 0.4) is 0 Å². The zero-order valence-corrected chi connectivity index (χ0v) is 18.8. The normalized spacial score (nSPS) is 31.1. The molecule has 0 aliphatic heterocycles. The topological polar surface area (TPSA) is 105 Å². The average molecular weight is 470 g/mol. The highest BCUT2D eigenvalue weighted by molar-refractivity contribution is 5.95. The molecule has 5 rings (SSSR count). The number of amides is 2. The van der Waals surface area contributed by atoms with Gasteiger partial charge in [-0.05, 0) is 69.8 Å². The second kappa shape index (κ2) is 8.03. The summed E-state index contributed by atoms with van der Waals surface area (Å²) in [4.78, 5) is 24.4. The molecule has 4 bridgehead atoms. The van der Waals surface area contributed by atoms with Crippen LogP contribution in [-0.2, 0) is 10.9 Å². The lowest BCUT2D eigenvalue weighted by molar-refractivity contribution is -0.143. The van der Waals surface area contributed by atoms with E-state index < -0.39 is 40.6 Å². The number of aromatic nitrogens is 2. The number of carbonyl (C=O) groups is 2. The summed E-state index contributed by atoms with van der Waals surface area (Å²) >= 11 is 0. The van der Waals surface area contributed by atoms with Crippen LogP contribution in [0, 0.1) is 17.8 Å². The molecule has 1 aromatic heterocycles. The van der Waals surface area contributed by atoms with Crippen LogP contribution in [0.1, 0.15) is 62.0 Å². The third-order valence-electron chi connectivity index (χ3n) is 7.09. The van der Waals surface area contributed by atoms with E-state index in [1.165, 1.54) is 13.2 Å². The minimum absolute atomic E-state index is 0.0691. The number of ether oxygens (including phenoxy) is 1. The number of methoxy groups -OCH3 is 1. The van der Waals surface area contributed by atoms with E-state index in [1.807, 2.05) is 0 Å². The van der Waals surface area contributed by atoms with E-state index in [4.69, 9.17) is 0 Å². The molecule has 8 nitrogen and oxygen atoms in total. The molecule has 4 aliphatic rings. The maximum atomic E-state index is 13.9. The van der Waals surface area contributed by atoms with Gasteiger partial charge in [0, 0.05) is 12.2 Å². The van der Waals surface area contributed by atoms with Crippen molar-refractivity contribution in [2.24, 2.45) is 17.8 Å². The number of carbonyl (C=O) groups excluding carboxylic acids is 2. The van der Waals surface area contributed by atoms with E-state index in [0.717, 1.165) is 31.7 Å². The Morgan fingerprint density at radius 2 is 1.88 bits per heavy atom. The number of nitrogens with one attached hydrogen (secondary N) is 2. The first-order chi connectivity index (χ1) is 15.3. The molecular weight excluding hydrogens is 441 g/mol. The van der Waals surface area contributed by atoms with Crippen molar-refractivity contribution in [1.29, 1.82) is 0 Å². The average Bonchev–Trinajstić information content (AvgIpc) is 3.12. The fourth-order valence-electron chi connectivity index (χ4n) is 5.98. The summed E-state index contributed by atoms with van der Waals surface area (Å²) in [5.41, 5.74) is -3.47. The predicted octanol–water partition coefficient (Wildman–Crippen LogP) is 3.18. The third kappa shape index (κ3) is 4.73. The number of rotatable bonds is 5. The Kier molecular flexibility index (Phi) is 5.74. The van der Waals surface area contributed by atoms with Gasteiger partial charge < -0.3 is 20.5 Å². The van der Waals surface area contributed by atoms with Crippen LogP contribution in [0.5, 0.6) is 0 Å². The Hall–Kier alpha value is -2.56. The molecule has 4 fully saturated rings. The molecule has 33 heavy (non-hydrogen) atoms. The fraction of sp³-hybridized carbons (Fsp3) is 0.682. The summed E-state index contributed by atoms with van der Waals surface area (Å²) in [5.74, 6) is -0.265. The maximum absolute atomic E-state index is 13.9. The lowest BCUT2D eigenvalue weighted by Gasteiger charge is -2.58. The highest BCUT2D eigenvalue weighted by Crippen LogP contribution is 2.55. The zero-order valence-electron chi connectivity index (χ0n) is 18.8. The molecule has 182 valence electrons. The Labute approximate surface area is 189 Å². The molecule has 1 heterocycles. The predicted molar refractivity (Wildman–Crippen MR) is 112 cm³/mol. The smallest absolute Gasteiger partial charge is 0.434 e. The first kappa shape index (κ1) is 23.6. The first-order valence-electron chi connectivity index (χ1n) is 11.0. The molecule has 0 radical (unpaired) electrons. The van der Waals surface area contributed by atoms with Gasteiger partial charge in [-0.2, -0.15) is 18.3 Å². The van der Waals surface area contributed by atoms with Crippen molar-refractivity contribution in [1.82, 2.24) is 20.4 Å². The van der Waals surface area contributed by atoms with Gasteiger partial charge in [0.05, 0.1) is 30.0 Å². The van der Waals surface area contributed by atoms with Gasteiger partial charge in [-0.15, -0.1) is 0 Å². The van der Waals surface area contributed by atoms with Gasteiger partial charge in [-0.3, -0.25) is 4.79 Å². The van der Waals surface area contributed by atoms with Gasteiger partial charge in [-0.1, -0.05) is 0 Å². The van der Waals surface area contributed by atoms with Crippen molar-refractivity contribution in [3.63, 3.8) is 0 Å². The van der Waals surface area contributed by atoms with Crippen LogP contribution in [0.25, 0.3) is 6.20 Å². The molecule has 4 saturated carbocycles. The van der Waals surface area contributed by atoms with E-state index in [-0.39, 0.29) is 17.9 Å². The SMILES string of the molecule is COC(=O)NC(C)(C)/C=C/n1ncc(C(=O)NC2C3CC4CC2CC(O)(C4)C3)c1C(F)(F)F. The summed E-state index contributed by atoms with van der Waals surface area (Å²) in [7, 11) is 1.18. The number of aliphatic hydroxyl groups is 1. The van der Waals surface area contributed by atoms with Crippen LogP contribution in [-0.4, -0.2) is 51.2 Å². The molecule has 0 aromatic carbocycles. The summed E-state index contributed by atoms with van der Waals surface area (Å²) in [5, 5.41) is 19.8. The summed E-state index contributed by atoms with van der Waals surface area (Å²) in [6.07, 6.45) is 1.41. The molecular formula is C22H29F3N4O4. The van der Waals surface area contributed by atoms with Crippen molar-refractivity contribution < 1.29 is 32.6 Å². The number of halogens is 3. The summed E-state index contributed by atoms with van der Waals surface area (Å²) in [6, 6.07) is -0.252. The number of alkyl carbamates (subject to hydrolysis) is 1. The van der Waals surface area contributed by atoms with Crippen LogP contribution in [0.15, 0.2) is 12.3 Å². The molecule has 2 atom stereocenters. The van der Waals surface area contributed by atoms with Crippen LogP contribution >= 0.6 is 0 Å². The molecule has 4 aliphatic carbocycles. The van der Waals surface area contributed by atoms with E-state index in [9.17, 15) is 27.9 Å². The second-order valence-electron chi connectivity index (χ2n) is 10.2. The quantitative estimate of drug-likeness (QED) is 0.613. The van der Waals surface area contributed by atoms with E-state index in [0.29, 0.717) is 23.4 Å². The van der Waals surface area contributed by atoms with Gasteiger partial charge in [0.25, 0.3) is 5.91 Å². The Bertz CT molecular complexity index is 955. The van der Waals surface area contributed by atoms with Crippen molar-refractivity contribution in [3.05, 3.63) is 23.5 Å². The second-order valence-corrected chi connectivity index (χ2v) is 10.2. The van der Waals surface area contributed by atoms with Crippen LogP contribution < -0.4 is 10.6 Å². The van der Waals surface area contributed by atoms with Crippen molar-refractivity contribution in [2.45, 2.75) is 69.3 Å². The number of hydrogen-bond acceptors (Lipinski definition) is 5. The molecule has 2 amide bonds. The molecule has 0 saturated heterocycles. The zero-order chi connectivity index (χ0) is 24.2. The van der Waals surface area contributed by atoms with E-state index in [2.05, 4.69) is 20.5 Å². The first-order valence-corrected chi connectivity index (χ1v) is 11.0. The standard InChI is InChI=1S/C22H29F3N4O4/c1-20(2,28-19(31)33-3)4-5-29-17(22(23,24)25)15(11-26-29)18(30)27-16-13-6-12-7-14(16)10-21(32,8-12)9-13/h4-5,11-14,16,32H,6-10H2,1-3H3,(H,27,30)(H,28,31)/b5-4+. The molecule has 3 N–H and O–H groups in total. The number of hydrogen-bond donors (Lipinski definition) is 3. The molecule has 1 aromatic rings. The summed E-state index contributed by atoms with van der Waals surface area (Å²) in [6.45, 7) is 3.15. The van der Waals surface area contributed by atoms with E-state index >= 15 is 0 Å². The number of alkyl halides is 3. The Morgan fingerprint density at radius 3 is 2.42 bits per heavy atom. The van der Waals surface area contributed by atoms with Gasteiger partial charge in [0.2, 0.25) is 0 Å². The molecule has 2 unspecified atom stereocenters. The lowest BCUT2D eigenvalue weighted by atomic mass is 9.52. The Balaban J connectivity index is 1.55. The monoisotopic (exact) mass is 470 g/mol. The highest BCUT2D eigenvalue weighted by Gasteiger charge is 2.55. The molecule has 0 spiro atoms. The van der Waals surface area contributed by atoms with Crippen LogP contribution in [0.4, 0.5) is 18.0 Å². The highest BCUT2D eigenvalue weighted by atomic mass is 19.4. The van der Waals surface area contributed by atoms with Gasteiger partial charge in [0.1, 0.15) is 0 Å². The minimum atomic E-state index is -4.83. The van der Waals surface area contributed by atoms with Crippen molar-refractivity contribution in [3.8, 4) is 0 Å². The van der Waals surface area contributed by atoms with Gasteiger partial charge in [-0.25, -0.2) is 9.48 Å². The maximum Gasteiger partial charge on any atom is 0.434 e. The largest absolute Gasteiger partial charge is 0.453 e. The fourth-order valence-corrected chi connectivity index (χ4v) is 5.98. The van der Waals surface area contributed by atoms with Crippen molar-refractivity contribution >= 4 is 18.2 Å². The van der Waals surface area contributed by atoms with Gasteiger partial charge >= 0.3 is 12.3 Å². The van der Waals surface area contributed by atoms with Crippen LogP contribution in [0.2, 0.25) is 0 Å². The van der Waals surface area contributed by atoms with Crippen molar-refractivity contribution in [2.75, 3.05) is 7.11 Å².